The predicted molar refractivity (Wildman–Crippen MR) is 122 cm³/mol. The van der Waals surface area contributed by atoms with Gasteiger partial charge in [0.05, 0.1) is 20.8 Å². The highest BCUT2D eigenvalue weighted by Crippen LogP contribution is 2.29. The third-order valence-corrected chi connectivity index (χ3v) is 5.35. The summed E-state index contributed by atoms with van der Waals surface area (Å²) in [6.45, 7) is 3.38. The minimum atomic E-state index is -0.829. The predicted octanol–water partition coefficient (Wildman–Crippen LogP) is 1.95. The molecule has 2 aromatic rings. The van der Waals surface area contributed by atoms with Crippen molar-refractivity contribution >= 4 is 46.4 Å². The van der Waals surface area contributed by atoms with Gasteiger partial charge in [0.15, 0.2) is 11.1 Å². The van der Waals surface area contributed by atoms with E-state index in [1.54, 1.807) is 43.8 Å². The SMILES string of the molecule is COc1ccc(OC)c(C(O)CN=C(N)N2CCN(c3nccs3)CC2)c1.I. The molecule has 1 saturated heterocycles. The van der Waals surface area contributed by atoms with E-state index in [1.807, 2.05) is 16.5 Å². The number of halogens is 1. The molecule has 1 fully saturated rings. The first-order chi connectivity index (χ1) is 13.1. The summed E-state index contributed by atoms with van der Waals surface area (Å²) in [5, 5.41) is 13.5. The molecule has 3 N–H and O–H groups in total. The molecule has 1 aromatic carbocycles. The molecule has 0 saturated carbocycles. The molecule has 0 radical (unpaired) electrons. The molecule has 8 nitrogen and oxygen atoms in total. The van der Waals surface area contributed by atoms with Crippen LogP contribution in [0.5, 0.6) is 11.5 Å². The molecule has 1 aliphatic rings. The average Bonchev–Trinajstić information content (AvgIpc) is 3.26. The number of benzene rings is 1. The summed E-state index contributed by atoms with van der Waals surface area (Å²) in [5.41, 5.74) is 6.77. The van der Waals surface area contributed by atoms with Crippen molar-refractivity contribution in [2.24, 2.45) is 10.7 Å². The molecule has 0 aliphatic carbocycles. The number of aliphatic hydroxyl groups is 1. The van der Waals surface area contributed by atoms with Gasteiger partial charge < -0.3 is 30.1 Å². The van der Waals surface area contributed by atoms with Gasteiger partial charge in [-0.2, -0.15) is 0 Å². The van der Waals surface area contributed by atoms with Crippen molar-refractivity contribution in [3.63, 3.8) is 0 Å². The third-order valence-electron chi connectivity index (χ3n) is 4.52. The summed E-state index contributed by atoms with van der Waals surface area (Å²) >= 11 is 1.64. The number of thiazole rings is 1. The molecule has 3 rings (SSSR count). The van der Waals surface area contributed by atoms with E-state index in [4.69, 9.17) is 15.2 Å². The van der Waals surface area contributed by atoms with E-state index < -0.39 is 6.10 Å². The first kappa shape index (κ1) is 22.5. The fraction of sp³-hybridized carbons (Fsp3) is 0.444. The molecule has 1 aromatic heterocycles. The van der Waals surface area contributed by atoms with Crippen LogP contribution in [0.1, 0.15) is 11.7 Å². The average molecular weight is 519 g/mol. The number of methoxy groups -OCH3 is 2. The summed E-state index contributed by atoms with van der Waals surface area (Å²) in [6.07, 6.45) is 0.987. The number of aliphatic imine (C=N–C) groups is 1. The van der Waals surface area contributed by atoms with Gasteiger partial charge in [-0.3, -0.25) is 4.99 Å². The highest BCUT2D eigenvalue weighted by molar-refractivity contribution is 14.0. The Bertz CT molecular complexity index is 767. The molecule has 28 heavy (non-hydrogen) atoms. The van der Waals surface area contributed by atoms with Crippen LogP contribution in [-0.4, -0.2) is 67.9 Å². The smallest absolute Gasteiger partial charge is 0.191 e. The van der Waals surface area contributed by atoms with Crippen molar-refractivity contribution < 1.29 is 14.6 Å². The Morgan fingerprint density at radius 2 is 2.04 bits per heavy atom. The number of aromatic nitrogens is 1. The maximum absolute atomic E-state index is 10.5. The highest BCUT2D eigenvalue weighted by Gasteiger charge is 2.20. The zero-order chi connectivity index (χ0) is 19.2. The first-order valence-corrected chi connectivity index (χ1v) is 9.59. The molecular formula is C18H26IN5O3S. The number of nitrogens with zero attached hydrogens (tertiary/aromatic N) is 4. The van der Waals surface area contributed by atoms with E-state index >= 15 is 0 Å². The molecule has 1 atom stereocenters. The van der Waals surface area contributed by atoms with Crippen LogP contribution in [0.2, 0.25) is 0 Å². The third kappa shape index (κ3) is 5.39. The second kappa shape index (κ2) is 10.7. The van der Waals surface area contributed by atoms with Crippen LogP contribution in [0.3, 0.4) is 0 Å². The number of ether oxygens (including phenoxy) is 2. The Balaban J connectivity index is 0.00000280. The Labute approximate surface area is 186 Å². The van der Waals surface area contributed by atoms with Crippen molar-refractivity contribution in [2.45, 2.75) is 6.10 Å². The number of nitrogens with two attached hydrogens (primary N) is 1. The zero-order valence-corrected chi connectivity index (χ0v) is 19.1. The van der Waals surface area contributed by atoms with Crippen LogP contribution in [0.15, 0.2) is 34.8 Å². The monoisotopic (exact) mass is 519 g/mol. The van der Waals surface area contributed by atoms with E-state index in [9.17, 15) is 5.11 Å². The lowest BCUT2D eigenvalue weighted by Crippen LogP contribution is -2.51. The summed E-state index contributed by atoms with van der Waals surface area (Å²) in [4.78, 5) is 13.0. The van der Waals surface area contributed by atoms with Gasteiger partial charge in [-0.05, 0) is 18.2 Å². The topological polar surface area (TPSA) is 96.4 Å². The normalized spacial score (nSPS) is 15.8. The van der Waals surface area contributed by atoms with Crippen molar-refractivity contribution in [3.8, 4) is 11.5 Å². The van der Waals surface area contributed by atoms with Crippen molar-refractivity contribution in [1.29, 1.82) is 0 Å². The van der Waals surface area contributed by atoms with E-state index in [1.165, 1.54) is 0 Å². The number of guanidine groups is 1. The molecule has 0 bridgehead atoms. The zero-order valence-electron chi connectivity index (χ0n) is 15.9. The number of hydrogen-bond acceptors (Lipinski definition) is 7. The lowest BCUT2D eigenvalue weighted by molar-refractivity contribution is 0.181. The van der Waals surface area contributed by atoms with Crippen molar-refractivity contribution in [3.05, 3.63) is 35.3 Å². The lowest BCUT2D eigenvalue weighted by Gasteiger charge is -2.35. The van der Waals surface area contributed by atoms with Crippen LogP contribution < -0.4 is 20.1 Å². The second-order valence-corrected chi connectivity index (χ2v) is 6.98. The van der Waals surface area contributed by atoms with E-state index in [0.29, 0.717) is 23.0 Å². The van der Waals surface area contributed by atoms with Gasteiger partial charge in [-0.1, -0.05) is 0 Å². The Hall–Kier alpha value is -1.79. The minimum absolute atomic E-state index is 0. The maximum atomic E-state index is 10.5. The van der Waals surface area contributed by atoms with Crippen molar-refractivity contribution in [2.75, 3.05) is 51.8 Å². The van der Waals surface area contributed by atoms with E-state index in [0.717, 1.165) is 31.3 Å². The Morgan fingerprint density at radius 3 is 2.64 bits per heavy atom. The fourth-order valence-corrected chi connectivity index (χ4v) is 3.67. The van der Waals surface area contributed by atoms with Crippen LogP contribution in [0, 0.1) is 0 Å². The quantitative estimate of drug-likeness (QED) is 0.342. The van der Waals surface area contributed by atoms with Crippen LogP contribution in [0.25, 0.3) is 0 Å². The molecular weight excluding hydrogens is 493 g/mol. The highest BCUT2D eigenvalue weighted by atomic mass is 127. The second-order valence-electron chi connectivity index (χ2n) is 6.11. The number of piperazine rings is 1. The number of rotatable bonds is 6. The molecule has 1 unspecified atom stereocenters. The van der Waals surface area contributed by atoms with Gasteiger partial charge in [0.1, 0.15) is 17.6 Å². The first-order valence-electron chi connectivity index (χ1n) is 8.71. The van der Waals surface area contributed by atoms with Crippen LogP contribution in [-0.2, 0) is 0 Å². The molecule has 10 heteroatoms. The minimum Gasteiger partial charge on any atom is -0.497 e. The van der Waals surface area contributed by atoms with Gasteiger partial charge in [0, 0.05) is 43.3 Å². The van der Waals surface area contributed by atoms with E-state index in [-0.39, 0.29) is 30.5 Å². The van der Waals surface area contributed by atoms with Crippen LogP contribution in [0.4, 0.5) is 5.13 Å². The summed E-state index contributed by atoms with van der Waals surface area (Å²) in [6, 6.07) is 5.30. The van der Waals surface area contributed by atoms with Gasteiger partial charge in [-0.25, -0.2) is 4.98 Å². The Kier molecular flexibility index (Phi) is 8.58. The number of anilines is 1. The van der Waals surface area contributed by atoms with Crippen LogP contribution >= 0.6 is 35.3 Å². The Morgan fingerprint density at radius 1 is 1.29 bits per heavy atom. The van der Waals surface area contributed by atoms with Crippen molar-refractivity contribution in [1.82, 2.24) is 9.88 Å². The van der Waals surface area contributed by atoms with Gasteiger partial charge in [-0.15, -0.1) is 35.3 Å². The molecule has 154 valence electrons. The summed E-state index contributed by atoms with van der Waals surface area (Å²) < 4.78 is 10.5. The lowest BCUT2D eigenvalue weighted by atomic mass is 10.1. The number of aliphatic hydroxyl groups excluding tert-OH is 1. The largest absolute Gasteiger partial charge is 0.497 e. The molecule has 2 heterocycles. The molecule has 0 amide bonds. The standard InChI is InChI=1S/C18H25N5O3S.HI/c1-25-13-3-4-16(26-2)14(11-13)15(24)12-21-17(19)22-6-8-23(9-7-22)18-20-5-10-27-18;/h3-5,10-11,15,24H,6-9,12H2,1-2H3,(H2,19,21);1H. The van der Waals surface area contributed by atoms with Gasteiger partial charge in [0.2, 0.25) is 0 Å². The number of hydrogen-bond donors (Lipinski definition) is 2. The van der Waals surface area contributed by atoms with Gasteiger partial charge >= 0.3 is 0 Å². The molecule has 0 spiro atoms. The summed E-state index contributed by atoms with van der Waals surface area (Å²) in [7, 11) is 3.15. The van der Waals surface area contributed by atoms with E-state index in [2.05, 4.69) is 14.9 Å². The maximum Gasteiger partial charge on any atom is 0.191 e. The molecule has 1 aliphatic heterocycles. The fourth-order valence-electron chi connectivity index (χ4n) is 2.98. The summed E-state index contributed by atoms with van der Waals surface area (Å²) in [5.74, 6) is 1.68. The van der Waals surface area contributed by atoms with Gasteiger partial charge in [0.25, 0.3) is 0 Å².